The standard InChI is InChI=1S/C13H15BrN4O2/c1-3-18-12(11(15)8(2)17-18)13(19)20-7-9-4-10(14)6-16-5-9/h4-6H,3,7,15H2,1-2H3. The maximum Gasteiger partial charge on any atom is 0.359 e. The molecule has 0 aliphatic carbocycles. The fourth-order valence-electron chi connectivity index (χ4n) is 1.79. The molecule has 0 aromatic carbocycles. The molecule has 2 N–H and O–H groups in total. The summed E-state index contributed by atoms with van der Waals surface area (Å²) in [6.07, 6.45) is 3.31. The van der Waals surface area contributed by atoms with Crippen LogP contribution in [0.2, 0.25) is 0 Å². The predicted octanol–water partition coefficient (Wildman–Crippen LogP) is 2.31. The van der Waals surface area contributed by atoms with Crippen molar-refractivity contribution in [2.75, 3.05) is 5.73 Å². The molecule has 106 valence electrons. The van der Waals surface area contributed by atoms with Crippen LogP contribution < -0.4 is 5.73 Å². The minimum atomic E-state index is -0.482. The number of anilines is 1. The number of carbonyl (C=O) groups is 1. The number of esters is 1. The molecule has 2 rings (SSSR count). The zero-order valence-electron chi connectivity index (χ0n) is 11.3. The van der Waals surface area contributed by atoms with Gasteiger partial charge in [-0.2, -0.15) is 5.10 Å². The summed E-state index contributed by atoms with van der Waals surface area (Å²) < 4.78 is 7.65. The first-order valence-electron chi connectivity index (χ1n) is 6.12. The third-order valence-electron chi connectivity index (χ3n) is 2.80. The molecule has 20 heavy (non-hydrogen) atoms. The average Bonchev–Trinajstić information content (AvgIpc) is 2.72. The number of aryl methyl sites for hydroxylation is 2. The summed E-state index contributed by atoms with van der Waals surface area (Å²) in [6.45, 7) is 4.34. The van der Waals surface area contributed by atoms with Crippen molar-refractivity contribution in [2.45, 2.75) is 27.0 Å². The molecule has 0 radical (unpaired) electrons. The number of aromatic nitrogens is 3. The summed E-state index contributed by atoms with van der Waals surface area (Å²) >= 11 is 3.31. The van der Waals surface area contributed by atoms with Crippen LogP contribution in [-0.2, 0) is 17.9 Å². The summed E-state index contributed by atoms with van der Waals surface area (Å²) in [7, 11) is 0. The smallest absolute Gasteiger partial charge is 0.359 e. The Morgan fingerprint density at radius 3 is 2.90 bits per heavy atom. The van der Waals surface area contributed by atoms with Crippen molar-refractivity contribution in [1.82, 2.24) is 14.8 Å². The monoisotopic (exact) mass is 338 g/mol. The van der Waals surface area contributed by atoms with E-state index in [0.717, 1.165) is 10.0 Å². The third-order valence-corrected chi connectivity index (χ3v) is 3.23. The van der Waals surface area contributed by atoms with Crippen molar-refractivity contribution in [2.24, 2.45) is 0 Å². The van der Waals surface area contributed by atoms with Gasteiger partial charge in [-0.1, -0.05) is 0 Å². The average molecular weight is 339 g/mol. The predicted molar refractivity (Wildman–Crippen MR) is 78.1 cm³/mol. The lowest BCUT2D eigenvalue weighted by molar-refractivity contribution is 0.0459. The van der Waals surface area contributed by atoms with Gasteiger partial charge in [-0.05, 0) is 35.8 Å². The second-order valence-electron chi connectivity index (χ2n) is 4.25. The number of rotatable bonds is 4. The molecule has 0 bridgehead atoms. The number of nitrogens with zero attached hydrogens (tertiary/aromatic N) is 3. The number of hydrogen-bond acceptors (Lipinski definition) is 5. The Labute approximate surface area is 125 Å². The molecule has 6 nitrogen and oxygen atoms in total. The molecule has 7 heteroatoms. The van der Waals surface area contributed by atoms with E-state index in [1.54, 1.807) is 24.0 Å². The molecule has 0 saturated heterocycles. The highest BCUT2D eigenvalue weighted by atomic mass is 79.9. The normalized spacial score (nSPS) is 10.6. The van der Waals surface area contributed by atoms with Gasteiger partial charge in [0.15, 0.2) is 5.69 Å². The van der Waals surface area contributed by atoms with E-state index in [4.69, 9.17) is 10.5 Å². The van der Waals surface area contributed by atoms with Crippen molar-refractivity contribution < 1.29 is 9.53 Å². The molecular formula is C13H15BrN4O2. The van der Waals surface area contributed by atoms with Gasteiger partial charge in [-0.3, -0.25) is 9.67 Å². The zero-order chi connectivity index (χ0) is 14.7. The lowest BCUT2D eigenvalue weighted by atomic mass is 10.3. The van der Waals surface area contributed by atoms with Gasteiger partial charge < -0.3 is 10.5 Å². The highest BCUT2D eigenvalue weighted by Gasteiger charge is 2.20. The Bertz CT molecular complexity index is 639. The molecule has 0 aliphatic rings. The van der Waals surface area contributed by atoms with Crippen LogP contribution in [0.5, 0.6) is 0 Å². The van der Waals surface area contributed by atoms with Crippen LogP contribution >= 0.6 is 15.9 Å². The van der Waals surface area contributed by atoms with Crippen molar-refractivity contribution >= 4 is 27.6 Å². The van der Waals surface area contributed by atoms with Gasteiger partial charge in [-0.15, -0.1) is 0 Å². The minimum Gasteiger partial charge on any atom is -0.456 e. The van der Waals surface area contributed by atoms with Crippen LogP contribution in [0.3, 0.4) is 0 Å². The van der Waals surface area contributed by atoms with Gasteiger partial charge >= 0.3 is 5.97 Å². The Hall–Kier alpha value is -1.89. The van der Waals surface area contributed by atoms with E-state index < -0.39 is 5.97 Å². The Morgan fingerprint density at radius 1 is 1.50 bits per heavy atom. The lowest BCUT2D eigenvalue weighted by Gasteiger charge is -2.07. The zero-order valence-corrected chi connectivity index (χ0v) is 12.8. The van der Waals surface area contributed by atoms with E-state index in [9.17, 15) is 4.79 Å². The molecule has 0 aliphatic heterocycles. The van der Waals surface area contributed by atoms with Gasteiger partial charge in [0.05, 0.1) is 11.4 Å². The van der Waals surface area contributed by atoms with E-state index in [2.05, 4.69) is 26.0 Å². The maximum atomic E-state index is 12.1. The fraction of sp³-hybridized carbons (Fsp3) is 0.308. The second kappa shape index (κ2) is 6.04. The SMILES string of the molecule is CCn1nc(C)c(N)c1C(=O)OCc1cncc(Br)c1. The summed E-state index contributed by atoms with van der Waals surface area (Å²) in [5.41, 5.74) is 7.96. The van der Waals surface area contributed by atoms with Crippen LogP contribution in [0.25, 0.3) is 0 Å². The number of carbonyl (C=O) groups excluding carboxylic acids is 1. The topological polar surface area (TPSA) is 83.0 Å². The number of ether oxygens (including phenoxy) is 1. The van der Waals surface area contributed by atoms with E-state index in [-0.39, 0.29) is 6.61 Å². The molecule has 0 atom stereocenters. The number of hydrogen-bond donors (Lipinski definition) is 1. The Kier molecular flexibility index (Phi) is 4.39. The fourth-order valence-corrected chi connectivity index (χ4v) is 2.20. The molecule has 0 amide bonds. The van der Waals surface area contributed by atoms with Gasteiger partial charge in [0.1, 0.15) is 6.61 Å². The quantitative estimate of drug-likeness (QED) is 0.865. The summed E-state index contributed by atoms with van der Waals surface area (Å²) in [5.74, 6) is -0.482. The first-order valence-corrected chi connectivity index (χ1v) is 6.91. The van der Waals surface area contributed by atoms with E-state index in [1.807, 2.05) is 13.0 Å². The maximum absolute atomic E-state index is 12.1. The minimum absolute atomic E-state index is 0.138. The molecule has 0 saturated carbocycles. The van der Waals surface area contributed by atoms with Crippen molar-refractivity contribution in [3.63, 3.8) is 0 Å². The van der Waals surface area contributed by atoms with Gasteiger partial charge in [0.2, 0.25) is 0 Å². The van der Waals surface area contributed by atoms with Crippen molar-refractivity contribution in [1.29, 1.82) is 0 Å². The Morgan fingerprint density at radius 2 is 2.25 bits per heavy atom. The van der Waals surface area contributed by atoms with Crippen LogP contribution in [0, 0.1) is 6.92 Å². The second-order valence-corrected chi connectivity index (χ2v) is 5.17. The third kappa shape index (κ3) is 2.98. The largest absolute Gasteiger partial charge is 0.456 e. The van der Waals surface area contributed by atoms with Gasteiger partial charge in [-0.25, -0.2) is 4.79 Å². The molecule has 0 fully saturated rings. The van der Waals surface area contributed by atoms with Crippen molar-refractivity contribution in [3.8, 4) is 0 Å². The number of halogens is 1. The molecule has 2 aromatic heterocycles. The van der Waals surface area contributed by atoms with E-state index in [1.165, 1.54) is 0 Å². The molecule has 0 unspecified atom stereocenters. The van der Waals surface area contributed by atoms with E-state index in [0.29, 0.717) is 23.6 Å². The summed E-state index contributed by atoms with van der Waals surface area (Å²) in [6, 6.07) is 1.84. The summed E-state index contributed by atoms with van der Waals surface area (Å²) in [5, 5.41) is 4.19. The lowest BCUT2D eigenvalue weighted by Crippen LogP contribution is -2.14. The Balaban J connectivity index is 2.13. The summed E-state index contributed by atoms with van der Waals surface area (Å²) in [4.78, 5) is 16.1. The molecular weight excluding hydrogens is 324 g/mol. The van der Waals surface area contributed by atoms with Crippen LogP contribution in [0.4, 0.5) is 5.69 Å². The molecule has 2 heterocycles. The van der Waals surface area contributed by atoms with Gasteiger partial charge in [0.25, 0.3) is 0 Å². The van der Waals surface area contributed by atoms with Crippen molar-refractivity contribution in [3.05, 3.63) is 39.9 Å². The highest BCUT2D eigenvalue weighted by Crippen LogP contribution is 2.18. The van der Waals surface area contributed by atoms with Crippen LogP contribution in [0.15, 0.2) is 22.9 Å². The van der Waals surface area contributed by atoms with Crippen LogP contribution in [-0.4, -0.2) is 20.7 Å². The highest BCUT2D eigenvalue weighted by molar-refractivity contribution is 9.10. The first kappa shape index (κ1) is 14.5. The van der Waals surface area contributed by atoms with E-state index >= 15 is 0 Å². The van der Waals surface area contributed by atoms with Crippen LogP contribution in [0.1, 0.15) is 28.7 Å². The number of pyridine rings is 1. The first-order chi connectivity index (χ1) is 9.52. The van der Waals surface area contributed by atoms with Gasteiger partial charge in [0, 0.05) is 29.0 Å². The number of nitrogens with two attached hydrogens (primary N) is 1. The molecule has 2 aromatic rings. The number of nitrogen functional groups attached to an aromatic ring is 1. The molecule has 0 spiro atoms.